The first-order valence-corrected chi connectivity index (χ1v) is 5.83. The summed E-state index contributed by atoms with van der Waals surface area (Å²) in [4.78, 5) is 18.0. The van der Waals surface area contributed by atoms with Gasteiger partial charge in [0.1, 0.15) is 5.69 Å². The number of carbonyl (C=O) groups excluding carboxylic acids is 1. The normalized spacial score (nSPS) is 20.3. The Morgan fingerprint density at radius 1 is 1.65 bits per heavy atom. The SMILES string of the molecule is CCC1CN(C(=O)c2ccc(N)cn2)CCO1. The second-order valence-electron chi connectivity index (χ2n) is 4.13. The second kappa shape index (κ2) is 5.14. The summed E-state index contributed by atoms with van der Waals surface area (Å²) in [6.07, 6.45) is 2.56. The second-order valence-corrected chi connectivity index (χ2v) is 4.13. The van der Waals surface area contributed by atoms with Gasteiger partial charge in [0.05, 0.1) is 24.6 Å². The highest BCUT2D eigenvalue weighted by Crippen LogP contribution is 2.12. The highest BCUT2D eigenvalue weighted by atomic mass is 16.5. The maximum absolute atomic E-state index is 12.1. The molecule has 1 atom stereocenters. The Morgan fingerprint density at radius 3 is 3.12 bits per heavy atom. The first-order chi connectivity index (χ1) is 8.20. The molecule has 0 aromatic carbocycles. The van der Waals surface area contributed by atoms with Crippen molar-refractivity contribution in [3.8, 4) is 0 Å². The molecule has 2 N–H and O–H groups in total. The Bertz CT molecular complexity index is 391. The number of anilines is 1. The minimum atomic E-state index is -0.0493. The largest absolute Gasteiger partial charge is 0.397 e. The number of ether oxygens (including phenoxy) is 1. The molecular weight excluding hydrogens is 218 g/mol. The third-order valence-corrected chi connectivity index (χ3v) is 2.89. The van der Waals surface area contributed by atoms with E-state index in [0.717, 1.165) is 6.42 Å². The van der Waals surface area contributed by atoms with Crippen LogP contribution in [0.15, 0.2) is 18.3 Å². The molecule has 0 bridgehead atoms. The first kappa shape index (κ1) is 11.9. The summed E-state index contributed by atoms with van der Waals surface area (Å²) in [6.45, 7) is 3.92. The lowest BCUT2D eigenvalue weighted by Gasteiger charge is -2.32. The monoisotopic (exact) mass is 235 g/mol. The summed E-state index contributed by atoms with van der Waals surface area (Å²) in [5, 5.41) is 0. The van der Waals surface area contributed by atoms with Crippen LogP contribution in [0, 0.1) is 0 Å². The fraction of sp³-hybridized carbons (Fsp3) is 0.500. The van der Waals surface area contributed by atoms with Crippen LogP contribution in [0.2, 0.25) is 0 Å². The number of hydrogen-bond acceptors (Lipinski definition) is 4. The molecule has 2 heterocycles. The van der Waals surface area contributed by atoms with Crippen molar-refractivity contribution in [1.82, 2.24) is 9.88 Å². The Hall–Kier alpha value is -1.62. The molecule has 1 aromatic rings. The van der Waals surface area contributed by atoms with Crippen molar-refractivity contribution >= 4 is 11.6 Å². The highest BCUT2D eigenvalue weighted by molar-refractivity contribution is 5.92. The van der Waals surface area contributed by atoms with Crippen molar-refractivity contribution in [3.63, 3.8) is 0 Å². The molecule has 92 valence electrons. The molecule has 0 radical (unpaired) electrons. The van der Waals surface area contributed by atoms with Crippen LogP contribution in [0.5, 0.6) is 0 Å². The lowest BCUT2D eigenvalue weighted by Crippen LogP contribution is -2.45. The molecule has 1 aliphatic heterocycles. The van der Waals surface area contributed by atoms with E-state index in [0.29, 0.717) is 31.1 Å². The summed E-state index contributed by atoms with van der Waals surface area (Å²) in [5.74, 6) is -0.0493. The minimum absolute atomic E-state index is 0.0493. The molecule has 5 heteroatoms. The van der Waals surface area contributed by atoms with Gasteiger partial charge < -0.3 is 15.4 Å². The Labute approximate surface area is 101 Å². The molecule has 1 amide bonds. The van der Waals surface area contributed by atoms with Crippen molar-refractivity contribution in [2.45, 2.75) is 19.4 Å². The van der Waals surface area contributed by atoms with Crippen molar-refractivity contribution < 1.29 is 9.53 Å². The summed E-state index contributed by atoms with van der Waals surface area (Å²) < 4.78 is 5.53. The Morgan fingerprint density at radius 2 is 2.47 bits per heavy atom. The number of hydrogen-bond donors (Lipinski definition) is 1. The molecule has 1 aromatic heterocycles. The predicted octanol–water partition coefficient (Wildman–Crippen LogP) is 0.915. The topological polar surface area (TPSA) is 68.5 Å². The van der Waals surface area contributed by atoms with Crippen LogP contribution >= 0.6 is 0 Å². The van der Waals surface area contributed by atoms with E-state index in [1.807, 2.05) is 0 Å². The van der Waals surface area contributed by atoms with Crippen LogP contribution in [-0.4, -0.2) is 41.6 Å². The molecule has 1 fully saturated rings. The number of pyridine rings is 1. The van der Waals surface area contributed by atoms with Gasteiger partial charge in [0.2, 0.25) is 0 Å². The van der Waals surface area contributed by atoms with Gasteiger partial charge in [-0.15, -0.1) is 0 Å². The number of nitrogens with two attached hydrogens (primary N) is 1. The lowest BCUT2D eigenvalue weighted by molar-refractivity contribution is -0.0228. The number of morpholine rings is 1. The number of nitrogens with zero attached hydrogens (tertiary/aromatic N) is 2. The smallest absolute Gasteiger partial charge is 0.272 e. The number of aromatic nitrogens is 1. The van der Waals surface area contributed by atoms with Gasteiger partial charge in [0.15, 0.2) is 0 Å². The minimum Gasteiger partial charge on any atom is -0.397 e. The fourth-order valence-electron chi connectivity index (χ4n) is 1.84. The summed E-state index contributed by atoms with van der Waals surface area (Å²) in [5.41, 5.74) is 6.55. The highest BCUT2D eigenvalue weighted by Gasteiger charge is 2.24. The van der Waals surface area contributed by atoms with Crippen LogP contribution in [0.3, 0.4) is 0 Å². The zero-order valence-electron chi connectivity index (χ0n) is 9.93. The summed E-state index contributed by atoms with van der Waals surface area (Å²) in [6, 6.07) is 3.35. The molecule has 0 saturated carbocycles. The third kappa shape index (κ3) is 2.74. The molecule has 0 aliphatic carbocycles. The molecule has 17 heavy (non-hydrogen) atoms. The number of amides is 1. The van der Waals surface area contributed by atoms with Crippen molar-refractivity contribution in [3.05, 3.63) is 24.0 Å². The molecule has 5 nitrogen and oxygen atoms in total. The summed E-state index contributed by atoms with van der Waals surface area (Å²) >= 11 is 0. The van der Waals surface area contributed by atoms with Crippen LogP contribution in [0.4, 0.5) is 5.69 Å². The maximum Gasteiger partial charge on any atom is 0.272 e. The molecule has 1 aliphatic rings. The molecule has 1 saturated heterocycles. The van der Waals surface area contributed by atoms with Crippen LogP contribution in [0.1, 0.15) is 23.8 Å². The van der Waals surface area contributed by atoms with Gasteiger partial charge in [-0.25, -0.2) is 4.98 Å². The lowest BCUT2D eigenvalue weighted by atomic mass is 10.2. The molecule has 2 rings (SSSR count). The van der Waals surface area contributed by atoms with Gasteiger partial charge in [0, 0.05) is 13.1 Å². The number of nitrogen functional groups attached to an aromatic ring is 1. The number of carbonyl (C=O) groups is 1. The van der Waals surface area contributed by atoms with Crippen molar-refractivity contribution in [2.75, 3.05) is 25.4 Å². The van der Waals surface area contributed by atoms with Crippen molar-refractivity contribution in [1.29, 1.82) is 0 Å². The molecule has 0 spiro atoms. The van der Waals surface area contributed by atoms with E-state index in [9.17, 15) is 4.79 Å². The summed E-state index contributed by atoms with van der Waals surface area (Å²) in [7, 11) is 0. The van der Waals surface area contributed by atoms with E-state index >= 15 is 0 Å². The van der Waals surface area contributed by atoms with Crippen LogP contribution in [0.25, 0.3) is 0 Å². The van der Waals surface area contributed by atoms with Gasteiger partial charge >= 0.3 is 0 Å². The van der Waals surface area contributed by atoms with Crippen LogP contribution < -0.4 is 5.73 Å². The molecule has 1 unspecified atom stereocenters. The predicted molar refractivity (Wildman–Crippen MR) is 64.6 cm³/mol. The van der Waals surface area contributed by atoms with E-state index in [4.69, 9.17) is 10.5 Å². The maximum atomic E-state index is 12.1. The first-order valence-electron chi connectivity index (χ1n) is 5.83. The van der Waals surface area contributed by atoms with E-state index < -0.39 is 0 Å². The van der Waals surface area contributed by atoms with Gasteiger partial charge in [-0.2, -0.15) is 0 Å². The van der Waals surface area contributed by atoms with Crippen molar-refractivity contribution in [2.24, 2.45) is 0 Å². The van der Waals surface area contributed by atoms with Gasteiger partial charge in [-0.1, -0.05) is 6.92 Å². The standard InChI is InChI=1S/C12H17N3O2/c1-2-10-8-15(5-6-17-10)12(16)11-4-3-9(13)7-14-11/h3-4,7,10H,2,5-6,8,13H2,1H3. The van der Waals surface area contributed by atoms with E-state index in [1.165, 1.54) is 6.20 Å². The third-order valence-electron chi connectivity index (χ3n) is 2.89. The fourth-order valence-corrected chi connectivity index (χ4v) is 1.84. The van der Waals surface area contributed by atoms with E-state index in [2.05, 4.69) is 11.9 Å². The zero-order valence-corrected chi connectivity index (χ0v) is 9.93. The van der Waals surface area contributed by atoms with Crippen LogP contribution in [-0.2, 0) is 4.74 Å². The quantitative estimate of drug-likeness (QED) is 0.827. The zero-order chi connectivity index (χ0) is 12.3. The van der Waals surface area contributed by atoms with Gasteiger partial charge in [0.25, 0.3) is 5.91 Å². The van der Waals surface area contributed by atoms with E-state index in [1.54, 1.807) is 17.0 Å². The Kier molecular flexibility index (Phi) is 3.58. The molecular formula is C12H17N3O2. The van der Waals surface area contributed by atoms with Gasteiger partial charge in [-0.3, -0.25) is 4.79 Å². The average Bonchev–Trinajstić information content (AvgIpc) is 2.39. The Balaban J connectivity index is 2.06. The van der Waals surface area contributed by atoms with E-state index in [-0.39, 0.29) is 12.0 Å². The van der Waals surface area contributed by atoms with Gasteiger partial charge in [-0.05, 0) is 18.6 Å². The average molecular weight is 235 g/mol. The number of rotatable bonds is 2.